The lowest BCUT2D eigenvalue weighted by molar-refractivity contribution is 0.584. The molecular formula is C10H16FN. The van der Waals surface area contributed by atoms with Gasteiger partial charge in [-0.15, -0.1) is 0 Å². The van der Waals surface area contributed by atoms with E-state index in [0.717, 1.165) is 0 Å². The second-order valence-electron chi connectivity index (χ2n) is 2.53. The van der Waals surface area contributed by atoms with Gasteiger partial charge < -0.3 is 0 Å². The molecular weight excluding hydrogens is 153 g/mol. The van der Waals surface area contributed by atoms with E-state index in [-0.39, 0.29) is 11.7 Å². The predicted octanol–water partition coefficient (Wildman–Crippen LogP) is 3.37. The van der Waals surface area contributed by atoms with Crippen molar-refractivity contribution in [2.75, 3.05) is 0 Å². The summed E-state index contributed by atoms with van der Waals surface area (Å²) in [5.74, 6) is -0.0429. The molecule has 1 heterocycles. The minimum Gasteiger partial charge on any atom is -0.258 e. The number of aromatic nitrogens is 1. The minimum atomic E-state index is -0.211. The van der Waals surface area contributed by atoms with Gasteiger partial charge in [-0.05, 0) is 18.1 Å². The summed E-state index contributed by atoms with van der Waals surface area (Å²) in [6, 6.07) is 3.03. The summed E-state index contributed by atoms with van der Waals surface area (Å²) in [5, 5.41) is 0. The Bertz CT molecular complexity index is 221. The van der Waals surface area contributed by atoms with Gasteiger partial charge in [0.05, 0.1) is 5.69 Å². The average molecular weight is 169 g/mol. The number of rotatable bonds is 1. The van der Waals surface area contributed by atoms with Gasteiger partial charge in [0.15, 0.2) is 0 Å². The molecule has 0 saturated carbocycles. The maximum Gasteiger partial charge on any atom is 0.144 e. The molecule has 0 aromatic carbocycles. The molecule has 0 bridgehead atoms. The molecule has 0 saturated heterocycles. The lowest BCUT2D eigenvalue weighted by Gasteiger charge is -2.02. The largest absolute Gasteiger partial charge is 0.258 e. The zero-order valence-corrected chi connectivity index (χ0v) is 8.13. The fraction of sp³-hybridized carbons (Fsp3) is 0.500. The van der Waals surface area contributed by atoms with Crippen molar-refractivity contribution in [1.29, 1.82) is 0 Å². The number of hydrogen-bond donors (Lipinski definition) is 0. The molecule has 0 atom stereocenters. The van der Waals surface area contributed by atoms with Crippen molar-refractivity contribution >= 4 is 0 Å². The van der Waals surface area contributed by atoms with E-state index in [4.69, 9.17) is 0 Å². The zero-order chi connectivity index (χ0) is 9.56. The molecule has 68 valence electrons. The molecule has 0 radical (unpaired) electrons. The van der Waals surface area contributed by atoms with Gasteiger partial charge in [0, 0.05) is 6.20 Å². The molecule has 0 fully saturated rings. The van der Waals surface area contributed by atoms with E-state index in [1.54, 1.807) is 12.3 Å². The van der Waals surface area contributed by atoms with Gasteiger partial charge in [-0.25, -0.2) is 4.39 Å². The summed E-state index contributed by atoms with van der Waals surface area (Å²) < 4.78 is 12.8. The molecule has 1 rings (SSSR count). The van der Waals surface area contributed by atoms with Gasteiger partial charge in [0.25, 0.3) is 0 Å². The van der Waals surface area contributed by atoms with Crippen LogP contribution >= 0.6 is 0 Å². The molecule has 2 heteroatoms. The van der Waals surface area contributed by atoms with Crippen molar-refractivity contribution in [3.8, 4) is 0 Å². The molecule has 1 nitrogen and oxygen atoms in total. The van der Waals surface area contributed by atoms with Gasteiger partial charge in [-0.1, -0.05) is 27.7 Å². The van der Waals surface area contributed by atoms with Gasteiger partial charge in [-0.3, -0.25) is 4.98 Å². The lowest BCUT2D eigenvalue weighted by atomic mass is 10.1. The van der Waals surface area contributed by atoms with Crippen molar-refractivity contribution in [3.63, 3.8) is 0 Å². The molecule has 12 heavy (non-hydrogen) atoms. The van der Waals surface area contributed by atoms with Gasteiger partial charge in [-0.2, -0.15) is 0 Å². The van der Waals surface area contributed by atoms with Crippen LogP contribution in [0.3, 0.4) is 0 Å². The smallest absolute Gasteiger partial charge is 0.144 e. The van der Waals surface area contributed by atoms with Crippen LogP contribution in [0.5, 0.6) is 0 Å². The Labute approximate surface area is 73.6 Å². The maximum absolute atomic E-state index is 12.8. The standard InChI is InChI=1S/C8H10FN.C2H6/c1-6(2)8-7(9)4-3-5-10-8;1-2/h3-6H,1-2H3;1-2H3. The summed E-state index contributed by atoms with van der Waals surface area (Å²) in [6.07, 6.45) is 1.61. The van der Waals surface area contributed by atoms with Crippen LogP contribution < -0.4 is 0 Å². The summed E-state index contributed by atoms with van der Waals surface area (Å²) >= 11 is 0. The number of nitrogens with zero attached hydrogens (tertiary/aromatic N) is 1. The topological polar surface area (TPSA) is 12.9 Å². The molecule has 0 aliphatic rings. The molecule has 0 aliphatic heterocycles. The molecule has 0 unspecified atom stereocenters. The van der Waals surface area contributed by atoms with Crippen LogP contribution in [0.4, 0.5) is 4.39 Å². The molecule has 0 N–H and O–H groups in total. The van der Waals surface area contributed by atoms with E-state index in [9.17, 15) is 4.39 Å². The summed E-state index contributed by atoms with van der Waals surface area (Å²) in [4.78, 5) is 3.90. The van der Waals surface area contributed by atoms with Crippen LogP contribution in [-0.2, 0) is 0 Å². The Kier molecular flexibility index (Phi) is 5.26. The minimum absolute atomic E-state index is 0.168. The third-order valence-corrected chi connectivity index (χ3v) is 1.33. The predicted molar refractivity (Wildman–Crippen MR) is 49.6 cm³/mol. The van der Waals surface area contributed by atoms with Crippen LogP contribution in [0.2, 0.25) is 0 Å². The first-order chi connectivity index (χ1) is 5.72. The number of hydrogen-bond acceptors (Lipinski definition) is 1. The molecule has 1 aromatic rings. The molecule has 1 aromatic heterocycles. The highest BCUT2D eigenvalue weighted by molar-refractivity contribution is 5.10. The van der Waals surface area contributed by atoms with Crippen LogP contribution in [0.15, 0.2) is 18.3 Å². The van der Waals surface area contributed by atoms with Crippen molar-refractivity contribution < 1.29 is 4.39 Å². The highest BCUT2D eigenvalue weighted by Crippen LogP contribution is 2.13. The van der Waals surface area contributed by atoms with E-state index in [1.807, 2.05) is 27.7 Å². The summed E-state index contributed by atoms with van der Waals surface area (Å²) in [6.45, 7) is 7.84. The van der Waals surface area contributed by atoms with Crippen molar-refractivity contribution in [3.05, 3.63) is 29.8 Å². The van der Waals surface area contributed by atoms with E-state index in [1.165, 1.54) is 6.07 Å². The van der Waals surface area contributed by atoms with Crippen LogP contribution in [0.1, 0.15) is 39.3 Å². The fourth-order valence-electron chi connectivity index (χ4n) is 0.823. The molecule has 0 amide bonds. The Hall–Kier alpha value is -0.920. The van der Waals surface area contributed by atoms with Crippen molar-refractivity contribution in [1.82, 2.24) is 4.98 Å². The monoisotopic (exact) mass is 169 g/mol. The van der Waals surface area contributed by atoms with Crippen LogP contribution in [0, 0.1) is 5.82 Å². The highest BCUT2D eigenvalue weighted by Gasteiger charge is 2.04. The summed E-state index contributed by atoms with van der Waals surface area (Å²) in [7, 11) is 0. The molecule has 0 aliphatic carbocycles. The van der Waals surface area contributed by atoms with Gasteiger partial charge in [0.2, 0.25) is 0 Å². The average Bonchev–Trinajstić information content (AvgIpc) is 2.08. The van der Waals surface area contributed by atoms with Gasteiger partial charge in [0.1, 0.15) is 5.82 Å². The van der Waals surface area contributed by atoms with Crippen LogP contribution in [-0.4, -0.2) is 4.98 Å². The number of halogens is 1. The Morgan fingerprint density at radius 2 is 1.92 bits per heavy atom. The van der Waals surface area contributed by atoms with E-state index >= 15 is 0 Å². The van der Waals surface area contributed by atoms with E-state index in [0.29, 0.717) is 5.69 Å². The first kappa shape index (κ1) is 11.1. The van der Waals surface area contributed by atoms with Crippen molar-refractivity contribution in [2.45, 2.75) is 33.6 Å². The Morgan fingerprint density at radius 1 is 1.33 bits per heavy atom. The van der Waals surface area contributed by atoms with E-state index in [2.05, 4.69) is 4.98 Å². The lowest BCUT2D eigenvalue weighted by Crippen LogP contribution is -1.95. The third kappa shape index (κ3) is 2.99. The fourth-order valence-corrected chi connectivity index (χ4v) is 0.823. The van der Waals surface area contributed by atoms with E-state index < -0.39 is 0 Å². The van der Waals surface area contributed by atoms with Gasteiger partial charge >= 0.3 is 0 Å². The first-order valence-electron chi connectivity index (χ1n) is 4.32. The zero-order valence-electron chi connectivity index (χ0n) is 8.13. The highest BCUT2D eigenvalue weighted by atomic mass is 19.1. The van der Waals surface area contributed by atoms with Crippen LogP contribution in [0.25, 0.3) is 0 Å². The summed E-state index contributed by atoms with van der Waals surface area (Å²) in [5.41, 5.74) is 0.544. The second-order valence-corrected chi connectivity index (χ2v) is 2.53. The maximum atomic E-state index is 12.8. The number of pyridine rings is 1. The second kappa shape index (κ2) is 5.70. The SMILES string of the molecule is CC.CC(C)c1ncccc1F. The third-order valence-electron chi connectivity index (χ3n) is 1.33. The Balaban J connectivity index is 0.000000561. The Morgan fingerprint density at radius 3 is 2.25 bits per heavy atom. The quantitative estimate of drug-likeness (QED) is 0.628. The molecule has 0 spiro atoms. The normalized spacial score (nSPS) is 9.17. The first-order valence-corrected chi connectivity index (χ1v) is 4.32. The van der Waals surface area contributed by atoms with Crippen molar-refractivity contribution in [2.24, 2.45) is 0 Å².